The smallest absolute Gasteiger partial charge is 0.271 e. The SMILES string of the molecule is CN(CC(C)(C)CO)C(=O)c1cncn1C. The highest BCUT2D eigenvalue weighted by atomic mass is 16.3. The van der Waals surface area contributed by atoms with Crippen LogP contribution in [-0.4, -0.2) is 45.7 Å². The fraction of sp³-hybridized carbons (Fsp3) is 0.636. The largest absolute Gasteiger partial charge is 0.396 e. The molecule has 1 N–H and O–H groups in total. The van der Waals surface area contributed by atoms with Crippen LogP contribution in [0.25, 0.3) is 0 Å². The first kappa shape index (κ1) is 12.7. The van der Waals surface area contributed by atoms with Crippen molar-refractivity contribution in [3.8, 4) is 0 Å². The predicted octanol–water partition coefficient (Wildman–Crippen LogP) is 0.511. The molecule has 0 saturated carbocycles. The van der Waals surface area contributed by atoms with E-state index in [1.54, 1.807) is 36.1 Å². The maximum atomic E-state index is 12.0. The van der Waals surface area contributed by atoms with Gasteiger partial charge in [0.15, 0.2) is 0 Å². The quantitative estimate of drug-likeness (QED) is 0.812. The van der Waals surface area contributed by atoms with Gasteiger partial charge in [-0.05, 0) is 0 Å². The number of aliphatic hydroxyl groups is 1. The van der Waals surface area contributed by atoms with E-state index < -0.39 is 0 Å². The molecule has 5 heteroatoms. The van der Waals surface area contributed by atoms with Gasteiger partial charge >= 0.3 is 0 Å². The van der Waals surface area contributed by atoms with Gasteiger partial charge in [0.25, 0.3) is 5.91 Å². The second-order valence-electron chi connectivity index (χ2n) is 4.87. The second-order valence-corrected chi connectivity index (χ2v) is 4.87. The van der Waals surface area contributed by atoms with Crippen LogP contribution >= 0.6 is 0 Å². The topological polar surface area (TPSA) is 58.4 Å². The first-order chi connectivity index (χ1) is 7.37. The number of aryl methyl sites for hydroxylation is 1. The zero-order valence-corrected chi connectivity index (χ0v) is 10.3. The van der Waals surface area contributed by atoms with Crippen molar-refractivity contribution in [3.63, 3.8) is 0 Å². The average molecular weight is 225 g/mol. The average Bonchev–Trinajstić information content (AvgIpc) is 2.62. The van der Waals surface area contributed by atoms with Gasteiger partial charge in [-0.3, -0.25) is 4.79 Å². The highest BCUT2D eigenvalue weighted by Gasteiger charge is 2.23. The normalized spacial score (nSPS) is 11.6. The number of aromatic nitrogens is 2. The molecule has 90 valence electrons. The van der Waals surface area contributed by atoms with Crippen LogP contribution in [0.5, 0.6) is 0 Å². The number of carbonyl (C=O) groups is 1. The molecule has 0 aliphatic rings. The van der Waals surface area contributed by atoms with Crippen LogP contribution in [0.1, 0.15) is 24.3 Å². The predicted molar refractivity (Wildman–Crippen MR) is 61.0 cm³/mol. The lowest BCUT2D eigenvalue weighted by molar-refractivity contribution is 0.0655. The maximum Gasteiger partial charge on any atom is 0.271 e. The van der Waals surface area contributed by atoms with Crippen molar-refractivity contribution < 1.29 is 9.90 Å². The monoisotopic (exact) mass is 225 g/mol. The Balaban J connectivity index is 2.73. The second kappa shape index (κ2) is 4.65. The van der Waals surface area contributed by atoms with E-state index in [0.29, 0.717) is 12.2 Å². The maximum absolute atomic E-state index is 12.0. The summed E-state index contributed by atoms with van der Waals surface area (Å²) in [6.07, 6.45) is 3.14. The minimum atomic E-state index is -0.289. The third-order valence-corrected chi connectivity index (χ3v) is 2.48. The van der Waals surface area contributed by atoms with Crippen LogP contribution in [-0.2, 0) is 7.05 Å². The highest BCUT2D eigenvalue weighted by molar-refractivity contribution is 5.92. The minimum Gasteiger partial charge on any atom is -0.396 e. The fourth-order valence-electron chi connectivity index (χ4n) is 1.52. The van der Waals surface area contributed by atoms with Gasteiger partial charge in [-0.1, -0.05) is 13.8 Å². The Morgan fingerprint density at radius 1 is 1.62 bits per heavy atom. The van der Waals surface area contributed by atoms with Crippen LogP contribution < -0.4 is 0 Å². The van der Waals surface area contributed by atoms with Crippen molar-refractivity contribution >= 4 is 5.91 Å². The molecule has 0 fully saturated rings. The van der Waals surface area contributed by atoms with Gasteiger partial charge in [-0.25, -0.2) is 4.98 Å². The zero-order chi connectivity index (χ0) is 12.3. The molecule has 1 amide bonds. The van der Waals surface area contributed by atoms with Crippen molar-refractivity contribution in [2.75, 3.05) is 20.2 Å². The van der Waals surface area contributed by atoms with Crippen LogP contribution in [0.4, 0.5) is 0 Å². The molecule has 1 aromatic heterocycles. The summed E-state index contributed by atoms with van der Waals surface area (Å²) < 4.78 is 1.69. The molecule has 0 bridgehead atoms. The molecule has 0 radical (unpaired) electrons. The van der Waals surface area contributed by atoms with Crippen LogP contribution in [0.2, 0.25) is 0 Å². The van der Waals surface area contributed by atoms with E-state index in [-0.39, 0.29) is 17.9 Å². The molecule has 0 aliphatic heterocycles. The summed E-state index contributed by atoms with van der Waals surface area (Å²) in [6, 6.07) is 0. The Bertz CT molecular complexity index is 371. The first-order valence-electron chi connectivity index (χ1n) is 5.20. The number of carbonyl (C=O) groups excluding carboxylic acids is 1. The zero-order valence-electron chi connectivity index (χ0n) is 10.3. The number of imidazole rings is 1. The third-order valence-electron chi connectivity index (χ3n) is 2.48. The molecular formula is C11H19N3O2. The van der Waals surface area contributed by atoms with E-state index >= 15 is 0 Å². The standard InChI is InChI=1S/C11H19N3O2/c1-11(2,7-15)6-13(3)10(16)9-5-12-8-14(9)4/h5,8,15H,6-7H2,1-4H3. The van der Waals surface area contributed by atoms with E-state index in [1.807, 2.05) is 13.8 Å². The summed E-state index contributed by atoms with van der Waals surface area (Å²) in [4.78, 5) is 17.5. The Morgan fingerprint density at radius 3 is 2.69 bits per heavy atom. The van der Waals surface area contributed by atoms with Crippen LogP contribution in [0.15, 0.2) is 12.5 Å². The molecule has 0 aliphatic carbocycles. The number of hydrogen-bond acceptors (Lipinski definition) is 3. The Morgan fingerprint density at radius 2 is 2.25 bits per heavy atom. The molecule has 1 aromatic rings. The molecule has 1 rings (SSSR count). The van der Waals surface area contributed by atoms with Crippen molar-refractivity contribution in [1.29, 1.82) is 0 Å². The fourth-order valence-corrected chi connectivity index (χ4v) is 1.52. The molecule has 1 heterocycles. The van der Waals surface area contributed by atoms with Gasteiger partial charge in [-0.15, -0.1) is 0 Å². The first-order valence-corrected chi connectivity index (χ1v) is 5.20. The van der Waals surface area contributed by atoms with Gasteiger partial charge in [-0.2, -0.15) is 0 Å². The summed E-state index contributed by atoms with van der Waals surface area (Å²) in [7, 11) is 3.51. The molecular weight excluding hydrogens is 206 g/mol. The highest BCUT2D eigenvalue weighted by Crippen LogP contribution is 2.16. The number of amides is 1. The van der Waals surface area contributed by atoms with Crippen LogP contribution in [0, 0.1) is 5.41 Å². The lowest BCUT2D eigenvalue weighted by Gasteiger charge is -2.28. The summed E-state index contributed by atoms with van der Waals surface area (Å²) in [5.41, 5.74) is 0.263. The summed E-state index contributed by atoms with van der Waals surface area (Å²) >= 11 is 0. The summed E-state index contributed by atoms with van der Waals surface area (Å²) in [5, 5.41) is 9.15. The minimum absolute atomic E-state index is 0.0516. The van der Waals surface area contributed by atoms with Crippen molar-refractivity contribution in [1.82, 2.24) is 14.5 Å². The lowest BCUT2D eigenvalue weighted by Crippen LogP contribution is -2.38. The summed E-state index contributed by atoms with van der Waals surface area (Å²) in [5.74, 6) is -0.0819. The van der Waals surface area contributed by atoms with E-state index in [2.05, 4.69) is 4.98 Å². The molecule has 16 heavy (non-hydrogen) atoms. The van der Waals surface area contributed by atoms with Crippen molar-refractivity contribution in [2.24, 2.45) is 12.5 Å². The van der Waals surface area contributed by atoms with Gasteiger partial charge < -0.3 is 14.6 Å². The lowest BCUT2D eigenvalue weighted by atomic mass is 9.94. The Kier molecular flexibility index (Phi) is 3.70. The van der Waals surface area contributed by atoms with Gasteiger partial charge in [0.1, 0.15) is 5.69 Å². The molecule has 0 atom stereocenters. The van der Waals surface area contributed by atoms with E-state index in [9.17, 15) is 4.79 Å². The molecule has 0 aromatic carbocycles. The number of rotatable bonds is 4. The Labute approximate surface area is 95.7 Å². The Hall–Kier alpha value is -1.36. The van der Waals surface area contributed by atoms with E-state index in [0.717, 1.165) is 0 Å². The number of hydrogen-bond donors (Lipinski definition) is 1. The van der Waals surface area contributed by atoms with Gasteiger partial charge in [0, 0.05) is 32.7 Å². The van der Waals surface area contributed by atoms with E-state index in [4.69, 9.17) is 5.11 Å². The molecule has 0 spiro atoms. The van der Waals surface area contributed by atoms with Crippen LogP contribution in [0.3, 0.4) is 0 Å². The van der Waals surface area contributed by atoms with Crippen molar-refractivity contribution in [2.45, 2.75) is 13.8 Å². The third kappa shape index (κ3) is 2.82. The molecule has 5 nitrogen and oxygen atoms in total. The van der Waals surface area contributed by atoms with Gasteiger partial charge in [0.2, 0.25) is 0 Å². The number of nitrogens with zero attached hydrogens (tertiary/aromatic N) is 3. The summed E-state index contributed by atoms with van der Waals surface area (Å²) in [6.45, 7) is 4.39. The molecule has 0 unspecified atom stereocenters. The molecule has 0 saturated heterocycles. The van der Waals surface area contributed by atoms with Gasteiger partial charge in [0.05, 0.1) is 12.5 Å². The number of aliphatic hydroxyl groups excluding tert-OH is 1. The van der Waals surface area contributed by atoms with Crippen molar-refractivity contribution in [3.05, 3.63) is 18.2 Å². The van der Waals surface area contributed by atoms with E-state index in [1.165, 1.54) is 0 Å².